The first-order valence-corrected chi connectivity index (χ1v) is 8.27. The van der Waals surface area contributed by atoms with Gasteiger partial charge in [-0.25, -0.2) is 0 Å². The number of ether oxygens (including phenoxy) is 1. The van der Waals surface area contributed by atoms with Gasteiger partial charge in [0, 0.05) is 31.9 Å². The molecule has 0 aromatic carbocycles. The average Bonchev–Trinajstić information content (AvgIpc) is 2.98. The summed E-state index contributed by atoms with van der Waals surface area (Å²) in [6.45, 7) is 8.79. The van der Waals surface area contributed by atoms with Crippen LogP contribution in [0.4, 0.5) is 0 Å². The van der Waals surface area contributed by atoms with Crippen LogP contribution in [0.2, 0.25) is 0 Å². The van der Waals surface area contributed by atoms with Gasteiger partial charge in [-0.05, 0) is 20.8 Å². The minimum atomic E-state index is -0.671. The van der Waals surface area contributed by atoms with Crippen LogP contribution >= 0.6 is 24.0 Å². The largest absolute Gasteiger partial charge is 0.370 e. The van der Waals surface area contributed by atoms with E-state index in [1.165, 1.54) is 0 Å². The van der Waals surface area contributed by atoms with Gasteiger partial charge in [-0.1, -0.05) is 0 Å². The molecule has 142 valence electrons. The second-order valence-electron chi connectivity index (χ2n) is 6.67. The van der Waals surface area contributed by atoms with E-state index >= 15 is 0 Å². The van der Waals surface area contributed by atoms with E-state index in [2.05, 4.69) is 20.3 Å². The number of nitrogens with zero attached hydrogens (tertiary/aromatic N) is 4. The van der Waals surface area contributed by atoms with Crippen LogP contribution in [0.3, 0.4) is 0 Å². The Labute approximate surface area is 166 Å². The maximum absolute atomic E-state index is 11.5. The van der Waals surface area contributed by atoms with E-state index in [4.69, 9.17) is 10.5 Å². The van der Waals surface area contributed by atoms with Crippen molar-refractivity contribution >= 4 is 35.8 Å². The highest BCUT2D eigenvalue weighted by atomic mass is 127. The summed E-state index contributed by atoms with van der Waals surface area (Å²) in [6.07, 6.45) is 3.75. The lowest BCUT2D eigenvalue weighted by atomic mass is 9.93. The molecule has 1 aromatic heterocycles. The van der Waals surface area contributed by atoms with Gasteiger partial charge in [0.25, 0.3) is 0 Å². The first-order chi connectivity index (χ1) is 11.3. The highest BCUT2D eigenvalue weighted by Gasteiger charge is 2.28. The molecule has 1 amide bonds. The SMILES string of the molecule is CCNC(=NCC(C)(C)C(N)=O)N1CCOC(c2cnn(C)c2)C1.I. The molecule has 2 heterocycles. The van der Waals surface area contributed by atoms with Crippen molar-refractivity contribution in [3.63, 3.8) is 0 Å². The molecular formula is C16H29IN6O2. The Morgan fingerprint density at radius 3 is 2.84 bits per heavy atom. The number of carbonyl (C=O) groups excluding carboxylic acids is 1. The smallest absolute Gasteiger partial charge is 0.224 e. The van der Waals surface area contributed by atoms with Gasteiger partial charge >= 0.3 is 0 Å². The second-order valence-corrected chi connectivity index (χ2v) is 6.67. The fourth-order valence-corrected chi connectivity index (χ4v) is 2.43. The van der Waals surface area contributed by atoms with Gasteiger partial charge < -0.3 is 20.7 Å². The number of aliphatic imine (C=N–C) groups is 1. The fourth-order valence-electron chi connectivity index (χ4n) is 2.43. The van der Waals surface area contributed by atoms with E-state index in [0.717, 1.165) is 24.6 Å². The normalized spacial score (nSPS) is 18.6. The van der Waals surface area contributed by atoms with Gasteiger partial charge in [-0.2, -0.15) is 5.10 Å². The van der Waals surface area contributed by atoms with Crippen LogP contribution in [-0.4, -0.2) is 59.3 Å². The van der Waals surface area contributed by atoms with Gasteiger partial charge in [0.05, 0.1) is 31.3 Å². The molecule has 1 fully saturated rings. The molecule has 3 N–H and O–H groups in total. The number of guanidine groups is 1. The number of hydrogen-bond donors (Lipinski definition) is 2. The molecule has 0 aliphatic carbocycles. The number of carbonyl (C=O) groups is 1. The number of morpholine rings is 1. The third-order valence-corrected chi connectivity index (χ3v) is 4.09. The molecule has 2 rings (SSSR count). The lowest BCUT2D eigenvalue weighted by Crippen LogP contribution is -2.48. The van der Waals surface area contributed by atoms with Crippen LogP contribution in [-0.2, 0) is 16.6 Å². The molecule has 9 heteroatoms. The molecule has 0 spiro atoms. The van der Waals surface area contributed by atoms with E-state index in [1.54, 1.807) is 18.5 Å². The maximum atomic E-state index is 11.5. The number of hydrogen-bond acceptors (Lipinski definition) is 4. The molecule has 1 saturated heterocycles. The Balaban J connectivity index is 0.00000312. The number of rotatable bonds is 5. The summed E-state index contributed by atoms with van der Waals surface area (Å²) in [7, 11) is 1.89. The summed E-state index contributed by atoms with van der Waals surface area (Å²) in [5, 5.41) is 7.50. The number of aromatic nitrogens is 2. The zero-order chi connectivity index (χ0) is 17.7. The van der Waals surface area contributed by atoms with Gasteiger partial charge in [0.15, 0.2) is 5.96 Å². The molecule has 1 aromatic rings. The summed E-state index contributed by atoms with van der Waals surface area (Å²) in [5.41, 5.74) is 5.82. The minimum Gasteiger partial charge on any atom is -0.370 e. The zero-order valence-electron chi connectivity index (χ0n) is 15.4. The molecule has 8 nitrogen and oxygen atoms in total. The van der Waals surface area contributed by atoms with Crippen molar-refractivity contribution in [2.75, 3.05) is 32.8 Å². The van der Waals surface area contributed by atoms with E-state index < -0.39 is 5.41 Å². The van der Waals surface area contributed by atoms with Crippen molar-refractivity contribution in [2.24, 2.45) is 23.2 Å². The van der Waals surface area contributed by atoms with Crippen LogP contribution in [0.5, 0.6) is 0 Å². The van der Waals surface area contributed by atoms with E-state index in [9.17, 15) is 4.79 Å². The molecule has 0 radical (unpaired) electrons. The predicted molar refractivity (Wildman–Crippen MR) is 108 cm³/mol. The third kappa shape index (κ3) is 5.84. The topological polar surface area (TPSA) is 97.8 Å². The lowest BCUT2D eigenvalue weighted by Gasteiger charge is -2.35. The quantitative estimate of drug-likeness (QED) is 0.383. The summed E-state index contributed by atoms with van der Waals surface area (Å²) in [4.78, 5) is 18.3. The Hall–Kier alpha value is -1.36. The highest BCUT2D eigenvalue weighted by Crippen LogP contribution is 2.22. The average molecular weight is 464 g/mol. The number of aryl methyl sites for hydroxylation is 1. The number of nitrogens with one attached hydrogen (secondary N) is 1. The fraction of sp³-hybridized carbons (Fsp3) is 0.688. The van der Waals surface area contributed by atoms with Crippen molar-refractivity contribution in [1.82, 2.24) is 20.0 Å². The van der Waals surface area contributed by atoms with Gasteiger partial charge in [-0.3, -0.25) is 14.5 Å². The molecule has 1 unspecified atom stereocenters. The van der Waals surface area contributed by atoms with Crippen LogP contribution in [0.15, 0.2) is 17.4 Å². The molecule has 0 saturated carbocycles. The monoisotopic (exact) mass is 464 g/mol. The summed E-state index contributed by atoms with van der Waals surface area (Å²) in [5.74, 6) is 0.432. The zero-order valence-corrected chi connectivity index (χ0v) is 17.7. The molecule has 25 heavy (non-hydrogen) atoms. The van der Waals surface area contributed by atoms with Crippen molar-refractivity contribution in [3.05, 3.63) is 18.0 Å². The number of halogens is 1. The first-order valence-electron chi connectivity index (χ1n) is 8.27. The van der Waals surface area contributed by atoms with Crippen molar-refractivity contribution in [2.45, 2.75) is 26.9 Å². The Morgan fingerprint density at radius 2 is 2.28 bits per heavy atom. The number of primary amides is 1. The standard InChI is InChI=1S/C16H28N6O2.HI/c1-5-18-15(19-11-16(2,3)14(17)23)22-6-7-24-13(10-22)12-8-20-21(4)9-12;/h8-9,13H,5-7,10-11H2,1-4H3,(H2,17,23)(H,18,19);1H. The first kappa shape index (κ1) is 21.7. The van der Waals surface area contributed by atoms with E-state index in [1.807, 2.05) is 26.4 Å². The van der Waals surface area contributed by atoms with Crippen LogP contribution < -0.4 is 11.1 Å². The molecule has 1 aliphatic heterocycles. The van der Waals surface area contributed by atoms with E-state index in [-0.39, 0.29) is 36.0 Å². The Bertz CT molecular complexity index is 601. The third-order valence-electron chi connectivity index (χ3n) is 4.09. The van der Waals surface area contributed by atoms with Crippen molar-refractivity contribution in [1.29, 1.82) is 0 Å². The van der Waals surface area contributed by atoms with Crippen LogP contribution in [0.1, 0.15) is 32.4 Å². The Morgan fingerprint density at radius 1 is 1.56 bits per heavy atom. The molecular weight excluding hydrogens is 435 g/mol. The molecule has 1 atom stereocenters. The summed E-state index contributed by atoms with van der Waals surface area (Å²) in [6, 6.07) is 0. The highest BCUT2D eigenvalue weighted by molar-refractivity contribution is 14.0. The molecule has 1 aliphatic rings. The van der Waals surface area contributed by atoms with Gasteiger partial charge in [0.1, 0.15) is 6.10 Å². The lowest BCUT2D eigenvalue weighted by molar-refractivity contribution is -0.125. The number of nitrogens with two attached hydrogens (primary N) is 1. The minimum absolute atomic E-state index is 0. The Kier molecular flexibility index (Phi) is 8.13. The second kappa shape index (κ2) is 9.37. The summed E-state index contributed by atoms with van der Waals surface area (Å²) >= 11 is 0. The van der Waals surface area contributed by atoms with E-state index in [0.29, 0.717) is 19.7 Å². The maximum Gasteiger partial charge on any atom is 0.224 e. The van der Waals surface area contributed by atoms with Crippen LogP contribution in [0.25, 0.3) is 0 Å². The van der Waals surface area contributed by atoms with Crippen molar-refractivity contribution in [3.8, 4) is 0 Å². The predicted octanol–water partition coefficient (Wildman–Crippen LogP) is 0.888. The van der Waals surface area contributed by atoms with Gasteiger partial charge in [0.2, 0.25) is 5.91 Å². The van der Waals surface area contributed by atoms with Gasteiger partial charge in [-0.15, -0.1) is 24.0 Å². The van der Waals surface area contributed by atoms with Crippen LogP contribution in [0, 0.1) is 5.41 Å². The van der Waals surface area contributed by atoms with Crippen molar-refractivity contribution < 1.29 is 9.53 Å². The molecule has 0 bridgehead atoms. The summed E-state index contributed by atoms with van der Waals surface area (Å²) < 4.78 is 7.64. The number of amides is 1.